The van der Waals surface area contributed by atoms with Crippen LogP contribution in [-0.2, 0) is 5.41 Å². The summed E-state index contributed by atoms with van der Waals surface area (Å²) in [6.45, 7) is 0. The van der Waals surface area contributed by atoms with E-state index in [9.17, 15) is 0 Å². The molecule has 0 spiro atoms. The topological polar surface area (TPSA) is 25.8 Å². The van der Waals surface area contributed by atoms with E-state index in [2.05, 4.69) is 231 Å². The van der Waals surface area contributed by atoms with Crippen LogP contribution in [0.4, 0.5) is 0 Å². The minimum atomic E-state index is -0.518. The molecule has 3 heteroatoms. The third-order valence-corrected chi connectivity index (χ3v) is 13.8. The van der Waals surface area contributed by atoms with E-state index >= 15 is 0 Å². The monoisotopic (exact) mass is 806 g/mol. The van der Waals surface area contributed by atoms with Crippen molar-refractivity contribution in [1.29, 1.82) is 0 Å². The van der Waals surface area contributed by atoms with Gasteiger partial charge in [0.15, 0.2) is 5.82 Å². The summed E-state index contributed by atoms with van der Waals surface area (Å²) >= 11 is 1.85. The second-order valence-corrected chi connectivity index (χ2v) is 17.1. The molecule has 9 aromatic carbocycles. The van der Waals surface area contributed by atoms with Crippen LogP contribution in [0.2, 0.25) is 0 Å². The fourth-order valence-electron chi connectivity index (χ4n) is 9.85. The van der Waals surface area contributed by atoms with Gasteiger partial charge in [-0.2, -0.15) is 0 Å². The lowest BCUT2D eigenvalue weighted by atomic mass is 9.67. The Morgan fingerprint density at radius 1 is 0.323 bits per heavy atom. The Balaban J connectivity index is 1.06. The van der Waals surface area contributed by atoms with Gasteiger partial charge < -0.3 is 0 Å². The highest BCUT2D eigenvalue weighted by molar-refractivity contribution is 7.25. The average molecular weight is 807 g/mol. The summed E-state index contributed by atoms with van der Waals surface area (Å²) in [6, 6.07) is 83.3. The van der Waals surface area contributed by atoms with Gasteiger partial charge in [-0.1, -0.05) is 206 Å². The first-order valence-electron chi connectivity index (χ1n) is 21.1. The minimum absolute atomic E-state index is 0.518. The Morgan fingerprint density at radius 3 is 1.58 bits per heavy atom. The van der Waals surface area contributed by atoms with Gasteiger partial charge in [0.05, 0.1) is 16.8 Å². The second-order valence-electron chi connectivity index (χ2n) is 16.0. The summed E-state index contributed by atoms with van der Waals surface area (Å²) in [5, 5.41) is 2.61. The standard InChI is InChI=1S/C59H38N2S/c1-4-17-39(18-5-1)45-23-10-11-25-49(45)58-60-53(41-33-31-40(32-34-41)46-27-16-30-56-57(46)50-26-13-15-29-55(50)62-56)38-54(61-58)42-35-36-48-47-24-12-14-28-51(47)59(52(48)37-42,43-19-6-2-7-20-43)44-21-8-3-9-22-44/h1-38H. The molecule has 1 aliphatic rings. The maximum Gasteiger partial charge on any atom is 0.161 e. The van der Waals surface area contributed by atoms with E-state index in [-0.39, 0.29) is 0 Å². The molecule has 2 aromatic heterocycles. The van der Waals surface area contributed by atoms with Crippen molar-refractivity contribution < 1.29 is 0 Å². The maximum atomic E-state index is 5.47. The molecule has 0 aliphatic heterocycles. The highest BCUT2D eigenvalue weighted by atomic mass is 32.1. The van der Waals surface area contributed by atoms with Crippen LogP contribution in [0.3, 0.4) is 0 Å². The molecule has 0 fully saturated rings. The summed E-state index contributed by atoms with van der Waals surface area (Å²) in [7, 11) is 0. The van der Waals surface area contributed by atoms with Crippen molar-refractivity contribution in [2.45, 2.75) is 5.41 Å². The van der Waals surface area contributed by atoms with Crippen molar-refractivity contribution in [2.24, 2.45) is 0 Å². The molecule has 0 amide bonds. The Morgan fingerprint density at radius 2 is 0.839 bits per heavy atom. The van der Waals surface area contributed by atoms with Gasteiger partial charge in [0.25, 0.3) is 0 Å². The van der Waals surface area contributed by atoms with E-state index in [1.807, 2.05) is 11.3 Å². The second kappa shape index (κ2) is 14.8. The summed E-state index contributed by atoms with van der Waals surface area (Å²) in [6.07, 6.45) is 0. The first-order valence-corrected chi connectivity index (χ1v) is 22.0. The van der Waals surface area contributed by atoms with Gasteiger partial charge in [-0.15, -0.1) is 11.3 Å². The van der Waals surface area contributed by atoms with Crippen LogP contribution < -0.4 is 0 Å². The van der Waals surface area contributed by atoms with Crippen molar-refractivity contribution in [3.05, 3.63) is 253 Å². The van der Waals surface area contributed by atoms with Gasteiger partial charge >= 0.3 is 0 Å². The van der Waals surface area contributed by atoms with E-state index in [4.69, 9.17) is 9.97 Å². The quantitative estimate of drug-likeness (QED) is 0.160. The molecule has 0 atom stereocenters. The largest absolute Gasteiger partial charge is 0.228 e. The van der Waals surface area contributed by atoms with Gasteiger partial charge in [-0.3, -0.25) is 0 Å². The molecule has 2 nitrogen and oxygen atoms in total. The zero-order valence-corrected chi connectivity index (χ0v) is 34.6. The van der Waals surface area contributed by atoms with Gasteiger partial charge in [0.2, 0.25) is 0 Å². The molecule has 12 rings (SSSR count). The SMILES string of the molecule is c1ccc(-c2ccccc2-c2nc(-c3ccc(-c4cccc5sc6ccccc6c45)cc3)cc(-c3ccc4c(c3)C(c3ccccc3)(c3ccccc3)c3ccccc3-4)n2)cc1. The molecule has 0 N–H and O–H groups in total. The van der Waals surface area contributed by atoms with Crippen molar-refractivity contribution in [2.75, 3.05) is 0 Å². The zero-order chi connectivity index (χ0) is 41.0. The van der Waals surface area contributed by atoms with Crippen LogP contribution in [0.25, 0.3) is 87.5 Å². The fraction of sp³-hybridized carbons (Fsp3) is 0.0169. The molecule has 290 valence electrons. The Bertz CT molecular complexity index is 3400. The molecule has 11 aromatic rings. The maximum absolute atomic E-state index is 5.47. The van der Waals surface area contributed by atoms with Crippen molar-refractivity contribution in [3.63, 3.8) is 0 Å². The summed E-state index contributed by atoms with van der Waals surface area (Å²) < 4.78 is 2.61. The van der Waals surface area contributed by atoms with Crippen LogP contribution in [0.15, 0.2) is 231 Å². The van der Waals surface area contributed by atoms with Crippen molar-refractivity contribution >= 4 is 31.5 Å². The summed E-state index contributed by atoms with van der Waals surface area (Å²) in [5.41, 5.74) is 16.5. The molecule has 0 unspecified atom stereocenters. The highest BCUT2D eigenvalue weighted by Crippen LogP contribution is 2.56. The molecule has 0 saturated heterocycles. The highest BCUT2D eigenvalue weighted by Gasteiger charge is 2.46. The Hall–Kier alpha value is -7.72. The van der Waals surface area contributed by atoms with Crippen LogP contribution in [0, 0.1) is 0 Å². The fourth-order valence-corrected chi connectivity index (χ4v) is 11.0. The van der Waals surface area contributed by atoms with Crippen LogP contribution >= 0.6 is 11.3 Å². The lowest BCUT2D eigenvalue weighted by Crippen LogP contribution is -2.28. The normalized spacial score (nSPS) is 12.6. The van der Waals surface area contributed by atoms with Crippen LogP contribution in [-0.4, -0.2) is 9.97 Å². The Kier molecular flexibility index (Phi) is 8.62. The first-order chi connectivity index (χ1) is 30.7. The predicted octanol–water partition coefficient (Wildman–Crippen LogP) is 15.5. The number of hydrogen-bond donors (Lipinski definition) is 0. The molecule has 0 bridgehead atoms. The summed E-state index contributed by atoms with van der Waals surface area (Å²) in [5.74, 6) is 0.691. The molecular weight excluding hydrogens is 769 g/mol. The van der Waals surface area contributed by atoms with Crippen LogP contribution in [0.1, 0.15) is 22.3 Å². The minimum Gasteiger partial charge on any atom is -0.228 e. The summed E-state index contributed by atoms with van der Waals surface area (Å²) in [4.78, 5) is 10.9. The zero-order valence-electron chi connectivity index (χ0n) is 33.7. The molecule has 0 radical (unpaired) electrons. The average Bonchev–Trinajstić information content (AvgIpc) is 3.89. The van der Waals surface area contributed by atoms with Crippen molar-refractivity contribution in [3.8, 4) is 67.3 Å². The number of hydrogen-bond acceptors (Lipinski definition) is 3. The van der Waals surface area contributed by atoms with Crippen molar-refractivity contribution in [1.82, 2.24) is 9.97 Å². The number of nitrogens with zero attached hydrogens (tertiary/aromatic N) is 2. The van der Waals surface area contributed by atoms with Gasteiger partial charge in [0, 0.05) is 36.9 Å². The van der Waals surface area contributed by atoms with Crippen LogP contribution in [0.5, 0.6) is 0 Å². The van der Waals surface area contributed by atoms with E-state index < -0.39 is 5.41 Å². The van der Waals surface area contributed by atoms with E-state index in [0.29, 0.717) is 5.82 Å². The Labute approximate surface area is 365 Å². The molecule has 0 saturated carbocycles. The molecule has 2 heterocycles. The number of benzene rings is 9. The van der Waals surface area contributed by atoms with Gasteiger partial charge in [0.1, 0.15) is 0 Å². The molecular formula is C59H38N2S. The number of thiophene rings is 1. The number of fused-ring (bicyclic) bond motifs is 6. The lowest BCUT2D eigenvalue weighted by Gasteiger charge is -2.34. The first kappa shape index (κ1) is 36.2. The lowest BCUT2D eigenvalue weighted by molar-refractivity contribution is 0.768. The van der Waals surface area contributed by atoms with E-state index in [0.717, 1.165) is 39.2 Å². The number of aromatic nitrogens is 2. The molecule has 1 aliphatic carbocycles. The van der Waals surface area contributed by atoms with Gasteiger partial charge in [-0.05, 0) is 79.9 Å². The van der Waals surface area contributed by atoms with Gasteiger partial charge in [-0.25, -0.2) is 9.97 Å². The predicted molar refractivity (Wildman–Crippen MR) is 259 cm³/mol. The van der Waals surface area contributed by atoms with E-state index in [1.165, 1.54) is 64.7 Å². The number of rotatable bonds is 7. The third kappa shape index (κ3) is 5.78. The van der Waals surface area contributed by atoms with E-state index in [1.54, 1.807) is 0 Å². The third-order valence-electron chi connectivity index (χ3n) is 12.6. The smallest absolute Gasteiger partial charge is 0.161 e. The molecule has 62 heavy (non-hydrogen) atoms.